The number of methoxy groups -OCH3 is 1. The van der Waals surface area contributed by atoms with Crippen LogP contribution >= 0.6 is 22.9 Å². The molecule has 1 N–H and O–H groups in total. The van der Waals surface area contributed by atoms with Crippen LogP contribution < -0.4 is 14.4 Å². The molecule has 2 heterocycles. The molecule has 1 aromatic heterocycles. The lowest BCUT2D eigenvalue weighted by Crippen LogP contribution is -2.29. The van der Waals surface area contributed by atoms with Crippen LogP contribution in [0.15, 0.2) is 53.5 Å². The van der Waals surface area contributed by atoms with Gasteiger partial charge in [0.25, 0.3) is 5.78 Å². The summed E-state index contributed by atoms with van der Waals surface area (Å²) in [6, 6.07) is 10.6. The maximum Gasteiger partial charge on any atom is 0.301 e. The molecule has 0 bridgehead atoms. The van der Waals surface area contributed by atoms with Gasteiger partial charge in [0, 0.05) is 5.56 Å². The second-order valence-electron chi connectivity index (χ2n) is 6.74. The zero-order valence-corrected chi connectivity index (χ0v) is 18.7. The standard InChI is InChI=1S/C22H18ClN3O5S/c1-3-31-14-7-4-12(5-8-14)19(27)17-18(13-6-9-16(30-2)15(23)10-13)26(21(29)20(17)28)22-25-24-11-32-22/h4-11,18,27H,3H2,1-2H3/b19-17+. The SMILES string of the molecule is CCOc1ccc(/C(O)=C2\C(=O)C(=O)N(c3nncs3)C2c2ccc(OC)c(Cl)c2)cc1. The molecule has 164 valence electrons. The number of anilines is 1. The number of amides is 1. The highest BCUT2D eigenvalue weighted by Crippen LogP contribution is 2.43. The zero-order chi connectivity index (χ0) is 22.8. The molecular formula is C22H18ClN3O5S. The van der Waals surface area contributed by atoms with Crippen LogP contribution in [0.1, 0.15) is 24.1 Å². The van der Waals surface area contributed by atoms with Gasteiger partial charge in [-0.25, -0.2) is 0 Å². The number of nitrogens with zero attached hydrogens (tertiary/aromatic N) is 3. The van der Waals surface area contributed by atoms with Crippen molar-refractivity contribution in [1.82, 2.24) is 10.2 Å². The number of benzene rings is 2. The molecule has 4 rings (SSSR count). The largest absolute Gasteiger partial charge is 0.507 e. The summed E-state index contributed by atoms with van der Waals surface area (Å²) in [5.74, 6) is -0.892. The Bertz CT molecular complexity index is 1190. The Hall–Kier alpha value is -3.43. The molecule has 0 saturated carbocycles. The van der Waals surface area contributed by atoms with Crippen LogP contribution in [0.4, 0.5) is 5.13 Å². The number of aliphatic hydroxyl groups is 1. The average Bonchev–Trinajstić information content (AvgIpc) is 3.41. The minimum absolute atomic E-state index is 0.0735. The van der Waals surface area contributed by atoms with Crippen LogP contribution in [-0.2, 0) is 9.59 Å². The van der Waals surface area contributed by atoms with Gasteiger partial charge in [-0.2, -0.15) is 0 Å². The van der Waals surface area contributed by atoms with E-state index in [1.165, 1.54) is 17.5 Å². The molecule has 32 heavy (non-hydrogen) atoms. The number of ether oxygens (including phenoxy) is 2. The molecule has 10 heteroatoms. The predicted octanol–water partition coefficient (Wildman–Crippen LogP) is 4.23. The van der Waals surface area contributed by atoms with E-state index in [1.54, 1.807) is 42.5 Å². The third kappa shape index (κ3) is 3.80. The fourth-order valence-corrected chi connectivity index (χ4v) is 4.35. The second kappa shape index (κ2) is 8.97. The number of ketones is 1. The maximum atomic E-state index is 13.1. The van der Waals surface area contributed by atoms with Gasteiger partial charge in [0.15, 0.2) is 0 Å². The molecule has 0 aliphatic carbocycles. The van der Waals surface area contributed by atoms with E-state index in [2.05, 4.69) is 10.2 Å². The van der Waals surface area contributed by atoms with Gasteiger partial charge in [0.05, 0.1) is 30.4 Å². The van der Waals surface area contributed by atoms with Gasteiger partial charge in [0.2, 0.25) is 5.13 Å². The smallest absolute Gasteiger partial charge is 0.301 e. The first-order valence-electron chi connectivity index (χ1n) is 9.60. The van der Waals surface area contributed by atoms with Gasteiger partial charge < -0.3 is 14.6 Å². The maximum absolute atomic E-state index is 13.1. The van der Waals surface area contributed by atoms with E-state index in [0.717, 1.165) is 11.3 Å². The average molecular weight is 472 g/mol. The number of rotatable bonds is 6. The molecule has 8 nitrogen and oxygen atoms in total. The molecule has 1 fully saturated rings. The molecule has 1 amide bonds. The van der Waals surface area contributed by atoms with Crippen molar-refractivity contribution in [2.24, 2.45) is 0 Å². The number of halogens is 1. The molecule has 0 spiro atoms. The molecule has 2 aromatic carbocycles. The number of carbonyl (C=O) groups excluding carboxylic acids is 2. The summed E-state index contributed by atoms with van der Waals surface area (Å²) in [5.41, 5.74) is 2.26. The van der Waals surface area contributed by atoms with Crippen molar-refractivity contribution >= 4 is 45.5 Å². The third-order valence-electron chi connectivity index (χ3n) is 4.93. The summed E-state index contributed by atoms with van der Waals surface area (Å²) in [5, 5.41) is 19.4. The summed E-state index contributed by atoms with van der Waals surface area (Å²) < 4.78 is 10.6. The fourth-order valence-electron chi connectivity index (χ4n) is 3.50. The summed E-state index contributed by atoms with van der Waals surface area (Å²) >= 11 is 7.42. The molecule has 1 unspecified atom stereocenters. The van der Waals surface area contributed by atoms with E-state index >= 15 is 0 Å². The van der Waals surface area contributed by atoms with Crippen LogP contribution in [0.5, 0.6) is 11.5 Å². The Morgan fingerprint density at radius 3 is 2.56 bits per heavy atom. The third-order valence-corrected chi connectivity index (χ3v) is 5.91. The lowest BCUT2D eigenvalue weighted by atomic mass is 9.95. The minimum atomic E-state index is -0.946. The number of Topliss-reactive ketones (excluding diaryl/α,β-unsaturated/α-hetero) is 1. The highest BCUT2D eigenvalue weighted by molar-refractivity contribution is 7.13. The number of aromatic nitrogens is 2. The minimum Gasteiger partial charge on any atom is -0.507 e. The summed E-state index contributed by atoms with van der Waals surface area (Å²) in [6.07, 6.45) is 0. The fraction of sp³-hybridized carbons (Fsp3) is 0.182. The number of carbonyl (C=O) groups is 2. The van der Waals surface area contributed by atoms with Gasteiger partial charge in [-0.3, -0.25) is 14.5 Å². The highest BCUT2D eigenvalue weighted by Gasteiger charge is 2.48. The molecule has 1 saturated heterocycles. The first-order valence-corrected chi connectivity index (χ1v) is 10.9. The quantitative estimate of drug-likeness (QED) is 0.326. The molecule has 1 atom stereocenters. The van der Waals surface area contributed by atoms with Crippen molar-refractivity contribution < 1.29 is 24.2 Å². The molecule has 3 aromatic rings. The lowest BCUT2D eigenvalue weighted by molar-refractivity contribution is -0.132. The summed E-state index contributed by atoms with van der Waals surface area (Å²) in [6.45, 7) is 2.36. The van der Waals surface area contributed by atoms with Crippen molar-refractivity contribution in [3.05, 3.63) is 69.7 Å². The second-order valence-corrected chi connectivity index (χ2v) is 7.96. The molecule has 0 radical (unpaired) electrons. The van der Waals surface area contributed by atoms with Crippen molar-refractivity contribution in [2.45, 2.75) is 13.0 Å². The number of hydrogen-bond acceptors (Lipinski definition) is 8. The van der Waals surface area contributed by atoms with E-state index in [0.29, 0.717) is 34.3 Å². The van der Waals surface area contributed by atoms with Crippen molar-refractivity contribution in [2.75, 3.05) is 18.6 Å². The predicted molar refractivity (Wildman–Crippen MR) is 120 cm³/mol. The Morgan fingerprint density at radius 2 is 1.97 bits per heavy atom. The van der Waals surface area contributed by atoms with Crippen LogP contribution in [0.3, 0.4) is 0 Å². The molecule has 1 aliphatic heterocycles. The van der Waals surface area contributed by atoms with Crippen LogP contribution in [-0.4, -0.2) is 40.7 Å². The Morgan fingerprint density at radius 1 is 1.22 bits per heavy atom. The first-order chi connectivity index (χ1) is 15.5. The van der Waals surface area contributed by atoms with Crippen LogP contribution in [0, 0.1) is 0 Å². The zero-order valence-electron chi connectivity index (χ0n) is 17.1. The molecule has 1 aliphatic rings. The Kier molecular flexibility index (Phi) is 6.11. The van der Waals surface area contributed by atoms with Gasteiger partial charge in [0.1, 0.15) is 22.8 Å². The number of aliphatic hydroxyl groups excluding tert-OH is 1. The summed E-state index contributed by atoms with van der Waals surface area (Å²) in [4.78, 5) is 27.2. The van der Waals surface area contributed by atoms with Crippen molar-refractivity contribution in [1.29, 1.82) is 0 Å². The van der Waals surface area contributed by atoms with Gasteiger partial charge in [-0.1, -0.05) is 29.0 Å². The number of hydrogen-bond donors (Lipinski definition) is 1. The van der Waals surface area contributed by atoms with Gasteiger partial charge in [-0.15, -0.1) is 10.2 Å². The lowest BCUT2D eigenvalue weighted by Gasteiger charge is -2.23. The van der Waals surface area contributed by atoms with Crippen LogP contribution in [0.2, 0.25) is 5.02 Å². The van der Waals surface area contributed by atoms with E-state index in [1.807, 2.05) is 6.92 Å². The summed E-state index contributed by atoms with van der Waals surface area (Å²) in [7, 11) is 1.49. The topological polar surface area (TPSA) is 102 Å². The van der Waals surface area contributed by atoms with Gasteiger partial charge in [-0.05, 0) is 48.9 Å². The highest BCUT2D eigenvalue weighted by atomic mass is 35.5. The van der Waals surface area contributed by atoms with Crippen molar-refractivity contribution in [3.8, 4) is 11.5 Å². The van der Waals surface area contributed by atoms with Crippen LogP contribution in [0.25, 0.3) is 5.76 Å². The first kappa shape index (κ1) is 21.8. The van der Waals surface area contributed by atoms with E-state index in [9.17, 15) is 14.7 Å². The molecular weight excluding hydrogens is 454 g/mol. The van der Waals surface area contributed by atoms with E-state index < -0.39 is 17.7 Å². The van der Waals surface area contributed by atoms with Gasteiger partial charge >= 0.3 is 5.91 Å². The monoisotopic (exact) mass is 471 g/mol. The Balaban J connectivity index is 1.88. The van der Waals surface area contributed by atoms with Crippen molar-refractivity contribution in [3.63, 3.8) is 0 Å². The van der Waals surface area contributed by atoms with E-state index in [-0.39, 0.29) is 16.5 Å². The normalized spacial score (nSPS) is 17.6. The van der Waals surface area contributed by atoms with E-state index in [4.69, 9.17) is 21.1 Å². The Labute approximate surface area is 192 Å².